The zero-order valence-corrected chi connectivity index (χ0v) is 48.7. The van der Waals surface area contributed by atoms with E-state index in [1.165, 1.54) is 65.6 Å². The molecule has 2 aliphatic heterocycles. The molecule has 2 aromatic heterocycles. The molecule has 410 valence electrons. The van der Waals surface area contributed by atoms with Crippen molar-refractivity contribution in [1.29, 1.82) is 0 Å². The molecule has 4 heterocycles. The Morgan fingerprint density at radius 1 is 0.276 bits per heavy atom. The largest absolute Gasteiger partial charge is 0.310 e. The van der Waals surface area contributed by atoms with E-state index in [1.54, 1.807) is 0 Å². The Morgan fingerprint density at radius 2 is 0.575 bits per heavy atom. The molecule has 5 heteroatoms. The van der Waals surface area contributed by atoms with Gasteiger partial charge < -0.3 is 18.9 Å². The highest BCUT2D eigenvalue weighted by Gasteiger charge is 2.46. The van der Waals surface area contributed by atoms with Crippen LogP contribution in [0.5, 0.6) is 0 Å². The molecule has 15 aromatic rings. The van der Waals surface area contributed by atoms with Gasteiger partial charge in [-0.3, -0.25) is 0 Å². The maximum atomic E-state index is 2.68. The Kier molecular flexibility index (Phi) is 11.6. The van der Waals surface area contributed by atoms with Gasteiger partial charge in [-0.05, 0) is 110 Å². The molecule has 0 spiro atoms. The van der Waals surface area contributed by atoms with Crippen LogP contribution in [-0.2, 0) is 5.41 Å². The number of anilines is 6. The second-order valence-corrected chi connectivity index (χ2v) is 24.4. The number of nitrogens with zero attached hydrogens (tertiary/aromatic N) is 4. The van der Waals surface area contributed by atoms with Crippen molar-refractivity contribution in [1.82, 2.24) is 9.13 Å². The quantitative estimate of drug-likeness (QED) is 0.141. The van der Waals surface area contributed by atoms with Crippen LogP contribution in [0.2, 0.25) is 0 Å². The molecule has 0 amide bonds. The molecule has 0 saturated heterocycles. The van der Waals surface area contributed by atoms with Crippen molar-refractivity contribution < 1.29 is 0 Å². The molecule has 4 nitrogen and oxygen atoms in total. The summed E-state index contributed by atoms with van der Waals surface area (Å²) in [5, 5.41) is 4.94. The lowest BCUT2D eigenvalue weighted by Gasteiger charge is -2.46. The van der Waals surface area contributed by atoms with E-state index in [1.807, 2.05) is 0 Å². The van der Waals surface area contributed by atoms with E-state index in [0.29, 0.717) is 0 Å². The lowest BCUT2D eigenvalue weighted by molar-refractivity contribution is 0.590. The van der Waals surface area contributed by atoms with Gasteiger partial charge in [-0.1, -0.05) is 263 Å². The van der Waals surface area contributed by atoms with E-state index in [4.69, 9.17) is 0 Å². The van der Waals surface area contributed by atoms with Crippen LogP contribution >= 0.6 is 0 Å². The molecule has 87 heavy (non-hydrogen) atoms. The molecule has 0 bridgehead atoms. The van der Waals surface area contributed by atoms with Gasteiger partial charge in [-0.15, -0.1) is 0 Å². The van der Waals surface area contributed by atoms with Crippen LogP contribution in [0.25, 0.3) is 99.5 Å². The third-order valence-electron chi connectivity index (χ3n) is 18.4. The Bertz CT molecular complexity index is 4670. The van der Waals surface area contributed by atoms with Crippen molar-refractivity contribution in [2.75, 3.05) is 9.80 Å². The summed E-state index contributed by atoms with van der Waals surface area (Å²) >= 11 is 0. The smallest absolute Gasteiger partial charge is 0.252 e. The fourth-order valence-corrected chi connectivity index (χ4v) is 14.5. The molecular weight excluding hydrogens is 1050 g/mol. The Balaban J connectivity index is 1.05. The zero-order chi connectivity index (χ0) is 57.9. The topological polar surface area (TPSA) is 16.3 Å². The monoisotopic (exact) mass is 1110 g/mol. The van der Waals surface area contributed by atoms with E-state index in [-0.39, 0.29) is 12.1 Å². The second-order valence-electron chi connectivity index (χ2n) is 24.4. The first-order chi connectivity index (χ1) is 42.9. The standard InChI is InChI=1S/C82H59BN4/c1-82(2,3)58-50-77-79-78(51-58)87(81-63(56-30-12-6-13-31-56)40-25-41-64(81)57-32-14-7-15-33-57)76-53-60(85-73-44-22-18-36-67(73)68-37-19-23-45-74(68)85)47-49-70(76)83(79)69-48-46-59(84-71-42-20-16-34-65(71)66-35-17-21-43-72(66)84)52-75(69)86(77)80-61(54-26-8-4-9-27-54)38-24-39-62(80)55-28-10-5-11-29-55/h4-53H,1-3H3. The van der Waals surface area contributed by atoms with Gasteiger partial charge in [0.05, 0.1) is 33.4 Å². The van der Waals surface area contributed by atoms with Crippen LogP contribution in [0.3, 0.4) is 0 Å². The van der Waals surface area contributed by atoms with Crippen LogP contribution in [0.1, 0.15) is 26.3 Å². The summed E-state index contributed by atoms with van der Waals surface area (Å²) in [5.74, 6) is 0. The summed E-state index contributed by atoms with van der Waals surface area (Å²) in [4.78, 5) is 5.36. The molecule has 0 aliphatic carbocycles. The van der Waals surface area contributed by atoms with E-state index in [2.05, 4.69) is 343 Å². The van der Waals surface area contributed by atoms with Gasteiger partial charge in [0, 0.05) is 77.9 Å². The Morgan fingerprint density at radius 3 is 0.885 bits per heavy atom. The molecule has 0 N–H and O–H groups in total. The highest BCUT2D eigenvalue weighted by Crippen LogP contribution is 2.54. The lowest BCUT2D eigenvalue weighted by atomic mass is 9.33. The fourth-order valence-electron chi connectivity index (χ4n) is 14.5. The first-order valence-corrected chi connectivity index (χ1v) is 30.4. The molecule has 0 fully saturated rings. The summed E-state index contributed by atoms with van der Waals surface area (Å²) in [6.07, 6.45) is 0. The lowest BCUT2D eigenvalue weighted by Crippen LogP contribution is -2.61. The summed E-state index contributed by atoms with van der Waals surface area (Å²) < 4.78 is 4.97. The second kappa shape index (κ2) is 19.9. The third-order valence-corrected chi connectivity index (χ3v) is 18.4. The molecule has 13 aromatic carbocycles. The maximum Gasteiger partial charge on any atom is 0.252 e. The van der Waals surface area contributed by atoms with E-state index < -0.39 is 0 Å². The van der Waals surface area contributed by atoms with Crippen molar-refractivity contribution >= 4 is 101 Å². The van der Waals surface area contributed by atoms with Crippen LogP contribution in [0, 0.1) is 0 Å². The van der Waals surface area contributed by atoms with E-state index in [9.17, 15) is 0 Å². The minimum absolute atomic E-state index is 0.186. The van der Waals surface area contributed by atoms with Gasteiger partial charge >= 0.3 is 0 Å². The highest BCUT2D eigenvalue weighted by molar-refractivity contribution is 7.00. The molecule has 0 atom stereocenters. The first-order valence-electron chi connectivity index (χ1n) is 30.4. The van der Waals surface area contributed by atoms with Crippen molar-refractivity contribution in [3.8, 4) is 55.9 Å². The summed E-state index contributed by atoms with van der Waals surface area (Å²) in [7, 11) is 0. The van der Waals surface area contributed by atoms with Gasteiger partial charge in [0.25, 0.3) is 6.71 Å². The number of fused-ring (bicyclic) bond motifs is 10. The van der Waals surface area contributed by atoms with Crippen molar-refractivity contribution in [3.63, 3.8) is 0 Å². The minimum Gasteiger partial charge on any atom is -0.310 e. The number of benzene rings is 13. The molecule has 0 radical (unpaired) electrons. The van der Waals surface area contributed by atoms with E-state index >= 15 is 0 Å². The molecule has 17 rings (SSSR count). The number of rotatable bonds is 8. The first kappa shape index (κ1) is 50.6. The third kappa shape index (κ3) is 7.93. The summed E-state index contributed by atoms with van der Waals surface area (Å²) in [6.45, 7) is 6.95. The van der Waals surface area contributed by atoms with Crippen LogP contribution in [-0.4, -0.2) is 15.8 Å². The molecular formula is C82H59BN4. The van der Waals surface area contributed by atoms with Gasteiger partial charge in [0.1, 0.15) is 0 Å². The van der Waals surface area contributed by atoms with E-state index in [0.717, 1.165) is 90.0 Å². The normalized spacial score (nSPS) is 12.7. The van der Waals surface area contributed by atoms with Crippen LogP contribution in [0.4, 0.5) is 34.1 Å². The number of para-hydroxylation sites is 6. The van der Waals surface area contributed by atoms with Crippen LogP contribution in [0.15, 0.2) is 303 Å². The average Bonchev–Trinajstić information content (AvgIpc) is 1.26. The fraction of sp³-hybridized carbons (Fsp3) is 0.0488. The summed E-state index contributed by atoms with van der Waals surface area (Å²) in [5.41, 5.74) is 27.7. The molecule has 0 unspecified atom stereocenters. The highest BCUT2D eigenvalue weighted by atomic mass is 15.2. The number of hydrogen-bond donors (Lipinski definition) is 0. The van der Waals surface area contributed by atoms with Crippen molar-refractivity contribution in [3.05, 3.63) is 309 Å². The molecule has 2 aliphatic rings. The number of aromatic nitrogens is 2. The average molecular weight is 1110 g/mol. The van der Waals surface area contributed by atoms with Gasteiger partial charge in [-0.2, -0.15) is 0 Å². The van der Waals surface area contributed by atoms with Crippen LogP contribution < -0.4 is 26.2 Å². The SMILES string of the molecule is CC(C)(C)c1cc2c3c(c1)N(c1c(-c4ccccc4)cccc1-c1ccccc1)c1cc(-n4c5ccccc5c5ccccc54)ccc1B3c1ccc(-n3c4ccccc4c4ccccc43)cc1N2c1c(-c2ccccc2)cccc1-c1ccccc1. The molecule has 0 saturated carbocycles. The minimum atomic E-state index is -0.281. The Hall–Kier alpha value is -10.9. The summed E-state index contributed by atoms with van der Waals surface area (Å²) in [6, 6.07) is 113. The van der Waals surface area contributed by atoms with Gasteiger partial charge in [0.15, 0.2) is 0 Å². The maximum absolute atomic E-state index is 2.68. The number of hydrogen-bond acceptors (Lipinski definition) is 2. The van der Waals surface area contributed by atoms with Gasteiger partial charge in [-0.25, -0.2) is 0 Å². The predicted molar refractivity (Wildman–Crippen MR) is 370 cm³/mol. The Labute approximate surface area is 507 Å². The zero-order valence-electron chi connectivity index (χ0n) is 48.7. The van der Waals surface area contributed by atoms with Gasteiger partial charge in [0.2, 0.25) is 0 Å². The van der Waals surface area contributed by atoms with Crippen molar-refractivity contribution in [2.45, 2.75) is 26.2 Å². The predicted octanol–water partition coefficient (Wildman–Crippen LogP) is 19.9. The van der Waals surface area contributed by atoms with Crippen molar-refractivity contribution in [2.24, 2.45) is 0 Å².